The van der Waals surface area contributed by atoms with Gasteiger partial charge in [0.25, 0.3) is 0 Å². The fraction of sp³-hybridized carbons (Fsp3) is 0.143. The molecule has 2 amide bonds. The molecule has 0 saturated carbocycles. The van der Waals surface area contributed by atoms with E-state index in [0.717, 1.165) is 0 Å². The Morgan fingerprint density at radius 2 is 2.04 bits per heavy atom. The van der Waals surface area contributed by atoms with Crippen LogP contribution in [0.25, 0.3) is 0 Å². The monoisotopic (exact) mass is 344 g/mol. The van der Waals surface area contributed by atoms with Crippen molar-refractivity contribution in [1.82, 2.24) is 10.3 Å². The van der Waals surface area contributed by atoms with Gasteiger partial charge < -0.3 is 21.1 Å². The molecule has 0 unspecified atom stereocenters. The van der Waals surface area contributed by atoms with Crippen molar-refractivity contribution in [3.05, 3.63) is 47.7 Å². The molecular formula is C14H12F4N4O2. The number of carbonyl (C=O) groups excluding carboxylic acids is 1. The zero-order valence-corrected chi connectivity index (χ0v) is 12.0. The molecule has 0 bridgehead atoms. The molecule has 6 nitrogen and oxygen atoms in total. The number of urea groups is 1. The van der Waals surface area contributed by atoms with Crippen molar-refractivity contribution in [2.24, 2.45) is 0 Å². The first kappa shape index (κ1) is 17.3. The second-order valence-electron chi connectivity index (χ2n) is 4.50. The minimum absolute atomic E-state index is 0.00217. The Balaban J connectivity index is 2.01. The summed E-state index contributed by atoms with van der Waals surface area (Å²) in [6.45, 7) is -3.30. The summed E-state index contributed by atoms with van der Waals surface area (Å²) < 4.78 is 55.1. The number of ether oxygens (including phenoxy) is 1. The highest BCUT2D eigenvalue weighted by atomic mass is 19.3. The molecule has 10 heteroatoms. The van der Waals surface area contributed by atoms with E-state index >= 15 is 0 Å². The lowest BCUT2D eigenvalue weighted by Crippen LogP contribution is -2.29. The number of rotatable bonds is 5. The first-order valence-corrected chi connectivity index (χ1v) is 6.55. The second kappa shape index (κ2) is 7.49. The number of nitrogens with zero attached hydrogens (tertiary/aromatic N) is 1. The molecule has 0 spiro atoms. The number of hydrogen-bond acceptors (Lipinski definition) is 4. The molecule has 4 N–H and O–H groups in total. The molecule has 0 radical (unpaired) electrons. The van der Waals surface area contributed by atoms with Crippen molar-refractivity contribution in [3.63, 3.8) is 0 Å². The molecule has 0 aliphatic carbocycles. The van der Waals surface area contributed by atoms with Crippen LogP contribution in [-0.2, 0) is 6.54 Å². The number of benzene rings is 1. The van der Waals surface area contributed by atoms with Crippen LogP contribution in [0, 0.1) is 11.6 Å². The Labute approximate surface area is 133 Å². The number of amides is 2. The summed E-state index contributed by atoms with van der Waals surface area (Å²) in [4.78, 5) is 15.5. The lowest BCUT2D eigenvalue weighted by atomic mass is 10.2. The van der Waals surface area contributed by atoms with Crippen LogP contribution in [0.3, 0.4) is 0 Å². The smallest absolute Gasteiger partial charge is 0.387 e. The van der Waals surface area contributed by atoms with Gasteiger partial charge in [0.15, 0.2) is 17.4 Å². The highest BCUT2D eigenvalue weighted by molar-refractivity contribution is 5.89. The molecule has 2 aromatic rings. The Hall–Kier alpha value is -3.04. The van der Waals surface area contributed by atoms with Crippen LogP contribution in [0.1, 0.15) is 5.56 Å². The quantitative estimate of drug-likeness (QED) is 0.728. The summed E-state index contributed by atoms with van der Waals surface area (Å²) in [5.41, 5.74) is 5.58. The van der Waals surface area contributed by atoms with E-state index in [4.69, 9.17) is 5.73 Å². The summed E-state index contributed by atoms with van der Waals surface area (Å²) in [7, 11) is 0. The number of hydrogen-bond donors (Lipinski definition) is 3. The topological polar surface area (TPSA) is 89.3 Å². The molecule has 24 heavy (non-hydrogen) atoms. The predicted molar refractivity (Wildman–Crippen MR) is 77.5 cm³/mol. The average Bonchev–Trinajstić information content (AvgIpc) is 2.51. The highest BCUT2D eigenvalue weighted by Gasteiger charge is 2.16. The molecule has 0 aliphatic heterocycles. The SMILES string of the molecule is Nc1ncccc1CNC(=O)Nc1cc(F)c(OC(F)F)cc1F. The number of aromatic nitrogens is 1. The lowest BCUT2D eigenvalue weighted by Gasteiger charge is -2.11. The van der Waals surface area contributed by atoms with Gasteiger partial charge in [-0.15, -0.1) is 0 Å². The van der Waals surface area contributed by atoms with Gasteiger partial charge >= 0.3 is 12.6 Å². The molecule has 1 aromatic heterocycles. The maximum atomic E-state index is 13.7. The molecule has 128 valence electrons. The molecule has 1 heterocycles. The van der Waals surface area contributed by atoms with Crippen LogP contribution >= 0.6 is 0 Å². The molecular weight excluding hydrogens is 332 g/mol. The van der Waals surface area contributed by atoms with E-state index in [2.05, 4.69) is 20.4 Å². The van der Waals surface area contributed by atoms with Crippen molar-refractivity contribution in [3.8, 4) is 5.75 Å². The van der Waals surface area contributed by atoms with Gasteiger partial charge in [-0.05, 0) is 6.07 Å². The van der Waals surface area contributed by atoms with Gasteiger partial charge in [-0.2, -0.15) is 8.78 Å². The van der Waals surface area contributed by atoms with E-state index in [1.165, 1.54) is 6.20 Å². The first-order valence-electron chi connectivity index (χ1n) is 6.55. The Morgan fingerprint density at radius 1 is 1.29 bits per heavy atom. The number of carbonyl (C=O) groups is 1. The number of pyridine rings is 1. The van der Waals surface area contributed by atoms with E-state index < -0.39 is 35.7 Å². The molecule has 0 atom stereocenters. The Bertz CT molecular complexity index is 743. The highest BCUT2D eigenvalue weighted by Crippen LogP contribution is 2.26. The van der Waals surface area contributed by atoms with Crippen molar-refractivity contribution in [1.29, 1.82) is 0 Å². The van der Waals surface area contributed by atoms with Crippen LogP contribution in [-0.4, -0.2) is 17.6 Å². The molecule has 0 saturated heterocycles. The van der Waals surface area contributed by atoms with Gasteiger partial charge in [0, 0.05) is 30.4 Å². The number of nitrogens with two attached hydrogens (primary N) is 1. The summed E-state index contributed by atoms with van der Waals surface area (Å²) in [6.07, 6.45) is 1.47. The normalized spacial score (nSPS) is 10.5. The maximum Gasteiger partial charge on any atom is 0.387 e. The van der Waals surface area contributed by atoms with Crippen molar-refractivity contribution in [2.45, 2.75) is 13.2 Å². The minimum Gasteiger partial charge on any atom is -0.432 e. The van der Waals surface area contributed by atoms with E-state index in [1.54, 1.807) is 12.1 Å². The minimum atomic E-state index is -3.30. The number of anilines is 2. The second-order valence-corrected chi connectivity index (χ2v) is 4.50. The number of halogens is 4. The fourth-order valence-corrected chi connectivity index (χ4v) is 1.75. The maximum absolute atomic E-state index is 13.7. The number of nitrogen functional groups attached to an aromatic ring is 1. The van der Waals surface area contributed by atoms with E-state index in [9.17, 15) is 22.4 Å². The lowest BCUT2D eigenvalue weighted by molar-refractivity contribution is -0.0523. The Morgan fingerprint density at radius 3 is 2.71 bits per heavy atom. The predicted octanol–water partition coefficient (Wildman–Crippen LogP) is 2.87. The summed E-state index contributed by atoms with van der Waals surface area (Å²) in [5.74, 6) is -3.13. The number of nitrogens with one attached hydrogen (secondary N) is 2. The van der Waals surface area contributed by atoms with Crippen molar-refractivity contribution in [2.75, 3.05) is 11.1 Å². The summed E-state index contributed by atoms with van der Waals surface area (Å²) in [6, 6.07) is 3.34. The van der Waals surface area contributed by atoms with Gasteiger partial charge in [-0.3, -0.25) is 0 Å². The average molecular weight is 344 g/mol. The zero-order chi connectivity index (χ0) is 17.7. The molecule has 0 fully saturated rings. The van der Waals surface area contributed by atoms with E-state index in [0.29, 0.717) is 17.7 Å². The van der Waals surface area contributed by atoms with Crippen LogP contribution < -0.4 is 21.1 Å². The van der Waals surface area contributed by atoms with E-state index in [-0.39, 0.29) is 12.4 Å². The molecule has 2 rings (SSSR count). The van der Waals surface area contributed by atoms with Crippen LogP contribution in [0.15, 0.2) is 30.5 Å². The zero-order valence-electron chi connectivity index (χ0n) is 12.0. The molecule has 1 aromatic carbocycles. The van der Waals surface area contributed by atoms with Gasteiger partial charge in [0.2, 0.25) is 0 Å². The molecule has 0 aliphatic rings. The van der Waals surface area contributed by atoms with Gasteiger partial charge in [0.05, 0.1) is 5.69 Å². The third-order valence-electron chi connectivity index (χ3n) is 2.85. The van der Waals surface area contributed by atoms with Gasteiger partial charge in [-0.25, -0.2) is 18.6 Å². The third-order valence-corrected chi connectivity index (χ3v) is 2.85. The first-order chi connectivity index (χ1) is 11.4. The van der Waals surface area contributed by atoms with Gasteiger partial charge in [-0.1, -0.05) is 6.07 Å². The van der Waals surface area contributed by atoms with Crippen LogP contribution in [0.4, 0.5) is 33.9 Å². The standard InChI is InChI=1S/C14H12F4N4O2/c15-8-5-11(24-13(17)18)9(16)4-10(8)22-14(23)21-6-7-2-1-3-20-12(7)19/h1-5,13H,6H2,(H2,19,20)(H2,21,22,23). The summed E-state index contributed by atoms with van der Waals surface area (Å²) >= 11 is 0. The fourth-order valence-electron chi connectivity index (χ4n) is 1.75. The Kier molecular flexibility index (Phi) is 5.40. The largest absolute Gasteiger partial charge is 0.432 e. The third kappa shape index (κ3) is 4.48. The van der Waals surface area contributed by atoms with Crippen LogP contribution in [0.5, 0.6) is 5.75 Å². The van der Waals surface area contributed by atoms with Crippen molar-refractivity contribution >= 4 is 17.5 Å². The number of alkyl halides is 2. The van der Waals surface area contributed by atoms with Crippen molar-refractivity contribution < 1.29 is 27.1 Å². The summed E-state index contributed by atoms with van der Waals surface area (Å²) in [5, 5.41) is 4.42. The van der Waals surface area contributed by atoms with Gasteiger partial charge in [0.1, 0.15) is 5.82 Å². The van der Waals surface area contributed by atoms with Crippen LogP contribution in [0.2, 0.25) is 0 Å². The van der Waals surface area contributed by atoms with E-state index in [1.807, 2.05) is 0 Å².